The third-order valence-corrected chi connectivity index (χ3v) is 7.75. The number of ether oxygens (including phenoxy) is 3. The first-order valence-electron chi connectivity index (χ1n) is 13.8. The Morgan fingerprint density at radius 2 is 1.95 bits per heavy atom. The first-order valence-corrected chi connectivity index (χ1v) is 13.8. The Morgan fingerprint density at radius 1 is 1.19 bits per heavy atom. The molecule has 6 heteroatoms. The zero-order valence-corrected chi connectivity index (χ0v) is 23.3. The summed E-state index contributed by atoms with van der Waals surface area (Å²) in [6.07, 6.45) is 21.5. The van der Waals surface area contributed by atoms with E-state index in [1.807, 2.05) is 19.1 Å². The Hall–Kier alpha value is -2.41. The molecule has 2 N–H and O–H groups in total. The highest BCUT2D eigenvalue weighted by molar-refractivity contribution is 5.84. The van der Waals surface area contributed by atoms with Crippen molar-refractivity contribution in [3.8, 4) is 0 Å². The molecular weight excluding hydrogens is 464 g/mol. The van der Waals surface area contributed by atoms with Crippen LogP contribution in [0.5, 0.6) is 0 Å². The van der Waals surface area contributed by atoms with Gasteiger partial charge in [0.25, 0.3) is 0 Å². The summed E-state index contributed by atoms with van der Waals surface area (Å²) in [5.41, 5.74) is 1.42. The summed E-state index contributed by atoms with van der Waals surface area (Å²) >= 11 is 0. The summed E-state index contributed by atoms with van der Waals surface area (Å²) in [5, 5.41) is 5.80. The van der Waals surface area contributed by atoms with Gasteiger partial charge in [-0.25, -0.2) is 0 Å². The molecule has 1 aromatic heterocycles. The maximum absolute atomic E-state index is 13.6. The molecular formula is C31H46N2O4. The van der Waals surface area contributed by atoms with Crippen LogP contribution in [0.3, 0.4) is 0 Å². The molecule has 0 saturated heterocycles. The van der Waals surface area contributed by atoms with E-state index in [0.717, 1.165) is 61.5 Å². The lowest BCUT2D eigenvalue weighted by atomic mass is 9.70. The van der Waals surface area contributed by atoms with Crippen molar-refractivity contribution >= 4 is 18.1 Å². The highest BCUT2D eigenvalue weighted by atomic mass is 16.5. The van der Waals surface area contributed by atoms with E-state index in [-0.39, 0.29) is 12.0 Å². The zero-order valence-electron chi connectivity index (χ0n) is 23.3. The van der Waals surface area contributed by atoms with Crippen molar-refractivity contribution in [2.24, 2.45) is 11.8 Å². The number of fused-ring (bicyclic) bond motifs is 1. The Bertz CT molecular complexity index is 1070. The minimum absolute atomic E-state index is 0.0548. The van der Waals surface area contributed by atoms with Gasteiger partial charge >= 0.3 is 5.97 Å². The number of carbonyl (C=O) groups is 1. The standard InChI is InChI=1S/C31H46N2O4/c1-6-28-26(17-20-35-4)27-16-18-32-24(3)31(29(27)33-28,30(34)36-5)21-23(2)13-11-12-19-37-22-25-14-9-7-8-10-15-25/h6-10,14-15,17,23-25,32-33H,11-13,16,18-22H2,1-5H3/b26-17-,28-6?/t23-,24?,31?/m0/s1. The molecule has 3 rings (SSSR count). The van der Waals surface area contributed by atoms with E-state index in [4.69, 9.17) is 14.2 Å². The molecule has 3 atom stereocenters. The van der Waals surface area contributed by atoms with Crippen LogP contribution in [0.4, 0.5) is 0 Å². The number of esters is 1. The molecule has 2 aliphatic rings. The number of hydrogen-bond donors (Lipinski definition) is 2. The topological polar surface area (TPSA) is 72.6 Å². The second-order valence-corrected chi connectivity index (χ2v) is 10.3. The maximum atomic E-state index is 13.6. The molecule has 0 amide bonds. The van der Waals surface area contributed by atoms with Gasteiger partial charge in [0.15, 0.2) is 0 Å². The lowest BCUT2D eigenvalue weighted by Crippen LogP contribution is -2.53. The molecule has 0 saturated carbocycles. The van der Waals surface area contributed by atoms with Crippen LogP contribution in [0.2, 0.25) is 0 Å². The van der Waals surface area contributed by atoms with E-state index < -0.39 is 5.41 Å². The van der Waals surface area contributed by atoms with Crippen molar-refractivity contribution in [2.45, 2.75) is 64.3 Å². The third kappa shape index (κ3) is 7.13. The summed E-state index contributed by atoms with van der Waals surface area (Å²) in [6, 6.07) is -0.0548. The summed E-state index contributed by atoms with van der Waals surface area (Å²) in [4.78, 5) is 17.2. The zero-order chi connectivity index (χ0) is 26.7. The lowest BCUT2D eigenvalue weighted by molar-refractivity contribution is -0.150. The Labute approximate surface area is 222 Å². The second-order valence-electron chi connectivity index (χ2n) is 10.3. The van der Waals surface area contributed by atoms with Crippen molar-refractivity contribution in [3.05, 3.63) is 58.3 Å². The molecule has 1 aliphatic heterocycles. The summed E-state index contributed by atoms with van der Waals surface area (Å²) < 4.78 is 16.8. The van der Waals surface area contributed by atoms with Crippen LogP contribution in [-0.2, 0) is 30.8 Å². The van der Waals surface area contributed by atoms with E-state index in [2.05, 4.69) is 60.6 Å². The number of carbonyl (C=O) groups excluding carboxylic acids is 1. The second kappa shape index (κ2) is 14.5. The van der Waals surface area contributed by atoms with Gasteiger partial charge < -0.3 is 24.5 Å². The first kappa shape index (κ1) is 29.2. The van der Waals surface area contributed by atoms with Gasteiger partial charge in [0.1, 0.15) is 5.41 Å². The molecule has 0 aromatic carbocycles. The predicted octanol–water partition coefficient (Wildman–Crippen LogP) is 3.70. The number of nitrogens with one attached hydrogen (secondary N) is 2. The van der Waals surface area contributed by atoms with Crippen molar-refractivity contribution in [2.75, 3.05) is 40.6 Å². The smallest absolute Gasteiger partial charge is 0.319 e. The molecule has 2 unspecified atom stereocenters. The van der Waals surface area contributed by atoms with Gasteiger partial charge in [-0.05, 0) is 57.2 Å². The monoisotopic (exact) mass is 510 g/mol. The van der Waals surface area contributed by atoms with E-state index in [1.165, 1.54) is 12.7 Å². The third-order valence-electron chi connectivity index (χ3n) is 7.75. The van der Waals surface area contributed by atoms with Gasteiger partial charge in [-0.15, -0.1) is 0 Å². The van der Waals surface area contributed by atoms with Gasteiger partial charge in [0.2, 0.25) is 0 Å². The average Bonchev–Trinajstić information content (AvgIpc) is 3.02. The molecule has 0 spiro atoms. The molecule has 204 valence electrons. The number of H-pyrrole nitrogens is 1. The highest BCUT2D eigenvalue weighted by Gasteiger charge is 2.50. The summed E-state index contributed by atoms with van der Waals surface area (Å²) in [7, 11) is 3.21. The Morgan fingerprint density at radius 3 is 2.62 bits per heavy atom. The van der Waals surface area contributed by atoms with E-state index in [1.54, 1.807) is 7.11 Å². The minimum atomic E-state index is -0.778. The van der Waals surface area contributed by atoms with Crippen LogP contribution in [0.1, 0.15) is 57.7 Å². The highest BCUT2D eigenvalue weighted by Crippen LogP contribution is 2.39. The van der Waals surface area contributed by atoms with Crippen molar-refractivity contribution in [1.82, 2.24) is 10.3 Å². The number of hydrogen-bond acceptors (Lipinski definition) is 5. The van der Waals surface area contributed by atoms with Gasteiger partial charge in [0, 0.05) is 41.9 Å². The van der Waals surface area contributed by atoms with Crippen molar-refractivity contribution < 1.29 is 19.0 Å². The van der Waals surface area contributed by atoms with Gasteiger partial charge in [-0.3, -0.25) is 4.79 Å². The van der Waals surface area contributed by atoms with Crippen LogP contribution in [0.15, 0.2) is 36.5 Å². The molecule has 1 aliphatic carbocycles. The quantitative estimate of drug-likeness (QED) is 0.331. The molecule has 37 heavy (non-hydrogen) atoms. The molecule has 2 heterocycles. The van der Waals surface area contributed by atoms with Gasteiger partial charge in [-0.1, -0.05) is 62.3 Å². The van der Waals surface area contributed by atoms with Crippen LogP contribution in [0.25, 0.3) is 12.2 Å². The van der Waals surface area contributed by atoms with E-state index >= 15 is 0 Å². The fourth-order valence-electron chi connectivity index (χ4n) is 5.76. The molecule has 6 nitrogen and oxygen atoms in total. The van der Waals surface area contributed by atoms with Crippen LogP contribution in [-0.4, -0.2) is 57.6 Å². The number of methoxy groups -OCH3 is 2. The lowest BCUT2D eigenvalue weighted by Gasteiger charge is -2.37. The van der Waals surface area contributed by atoms with Crippen LogP contribution < -0.4 is 15.9 Å². The molecule has 0 bridgehead atoms. The Balaban J connectivity index is 1.72. The van der Waals surface area contributed by atoms with Crippen molar-refractivity contribution in [1.29, 1.82) is 0 Å². The average molecular weight is 511 g/mol. The number of rotatable bonds is 12. The van der Waals surface area contributed by atoms with Gasteiger partial charge in [-0.2, -0.15) is 0 Å². The van der Waals surface area contributed by atoms with E-state index in [0.29, 0.717) is 25.0 Å². The fraction of sp³-hybridized carbons (Fsp3) is 0.581. The molecule has 0 radical (unpaired) electrons. The number of aromatic amines is 1. The van der Waals surface area contributed by atoms with Crippen molar-refractivity contribution in [3.63, 3.8) is 0 Å². The van der Waals surface area contributed by atoms with Crippen LogP contribution >= 0.6 is 0 Å². The SMILES string of the molecule is CC=c1[nH]c2c(/c1=C/COC)CCNC(C)C2(C[C@@H](C)CCCCOCC1C=CC=CC=C1)C(=O)OC. The first-order chi connectivity index (χ1) is 18.0. The Kier molecular flexibility index (Phi) is 11.4. The van der Waals surface area contributed by atoms with Gasteiger partial charge in [0.05, 0.1) is 20.3 Å². The fourth-order valence-corrected chi connectivity index (χ4v) is 5.76. The number of allylic oxidation sites excluding steroid dienone is 4. The number of aromatic nitrogens is 1. The normalized spacial score (nSPS) is 23.6. The minimum Gasteiger partial charge on any atom is -0.468 e. The largest absolute Gasteiger partial charge is 0.468 e. The number of unbranched alkanes of at least 4 members (excludes halogenated alkanes) is 1. The molecule has 1 aromatic rings. The summed E-state index contributed by atoms with van der Waals surface area (Å²) in [6.45, 7) is 9.22. The summed E-state index contributed by atoms with van der Waals surface area (Å²) in [5.74, 6) is 0.508. The maximum Gasteiger partial charge on any atom is 0.319 e. The van der Waals surface area contributed by atoms with E-state index in [9.17, 15) is 4.79 Å². The van der Waals surface area contributed by atoms with Crippen LogP contribution in [0, 0.1) is 11.8 Å². The predicted molar refractivity (Wildman–Crippen MR) is 151 cm³/mol. The molecule has 0 fully saturated rings.